The second kappa shape index (κ2) is 9.04. The van der Waals surface area contributed by atoms with Crippen LogP contribution in [-0.2, 0) is 0 Å². The Balaban J connectivity index is 0.00000225. The van der Waals surface area contributed by atoms with E-state index in [-0.39, 0.29) is 24.0 Å². The van der Waals surface area contributed by atoms with Gasteiger partial charge in [0.2, 0.25) is 0 Å². The van der Waals surface area contributed by atoms with Gasteiger partial charge in [-0.05, 0) is 26.3 Å². The first-order valence-electron chi connectivity index (χ1n) is 5.90. The Kier molecular flexibility index (Phi) is 9.02. The molecular weight excluding hydrogens is 315 g/mol. The van der Waals surface area contributed by atoms with Gasteiger partial charge in [0.15, 0.2) is 5.96 Å². The molecule has 0 aromatic carbocycles. The van der Waals surface area contributed by atoms with E-state index in [0.717, 1.165) is 25.1 Å². The number of likely N-dealkylation sites (tertiary alicyclic amines) is 1. The summed E-state index contributed by atoms with van der Waals surface area (Å²) in [7, 11) is 3.68. The molecule has 2 N–H and O–H groups in total. The Bertz CT molecular complexity index is 208. The minimum absolute atomic E-state index is 0. The molecule has 0 saturated carbocycles. The summed E-state index contributed by atoms with van der Waals surface area (Å²) < 4.78 is 0. The number of hydrogen-bond donors (Lipinski definition) is 2. The summed E-state index contributed by atoms with van der Waals surface area (Å²) in [6.45, 7) is 5.66. The van der Waals surface area contributed by atoms with E-state index in [1.54, 1.807) is 7.05 Å². The van der Waals surface area contributed by atoms with Crippen LogP contribution in [-0.4, -0.2) is 50.6 Å². The lowest BCUT2D eigenvalue weighted by Crippen LogP contribution is -2.44. The van der Waals surface area contributed by atoms with Crippen molar-refractivity contribution in [2.45, 2.75) is 32.2 Å². The monoisotopic (exact) mass is 340 g/mol. The van der Waals surface area contributed by atoms with Gasteiger partial charge in [-0.1, -0.05) is 6.42 Å². The highest BCUT2D eigenvalue weighted by Gasteiger charge is 2.17. The molecule has 1 rings (SSSR count). The summed E-state index contributed by atoms with van der Waals surface area (Å²) >= 11 is 0. The fourth-order valence-corrected chi connectivity index (χ4v) is 2.09. The van der Waals surface area contributed by atoms with E-state index in [9.17, 15) is 0 Å². The van der Waals surface area contributed by atoms with Gasteiger partial charge in [0.25, 0.3) is 0 Å². The summed E-state index contributed by atoms with van der Waals surface area (Å²) in [6.07, 6.45) is 4.09. The molecule has 1 saturated heterocycles. The van der Waals surface area contributed by atoms with Gasteiger partial charge in [0.05, 0.1) is 0 Å². The molecule has 96 valence electrons. The Morgan fingerprint density at radius 3 is 2.75 bits per heavy atom. The maximum Gasteiger partial charge on any atom is 0.190 e. The maximum absolute atomic E-state index is 4.08. The third kappa shape index (κ3) is 5.34. The van der Waals surface area contributed by atoms with Gasteiger partial charge in [-0.3, -0.25) is 9.89 Å². The topological polar surface area (TPSA) is 39.7 Å². The molecule has 1 fully saturated rings. The lowest BCUT2D eigenvalue weighted by Gasteiger charge is -2.33. The molecule has 0 spiro atoms. The number of halogens is 1. The summed E-state index contributed by atoms with van der Waals surface area (Å²) in [5.74, 6) is 0.875. The number of aliphatic imine (C=N–C) groups is 1. The van der Waals surface area contributed by atoms with Crippen molar-refractivity contribution >= 4 is 29.9 Å². The molecule has 16 heavy (non-hydrogen) atoms. The molecular formula is C11H25IN4. The molecule has 0 bridgehead atoms. The Hall–Kier alpha value is -0.0400. The normalized spacial score (nSPS) is 22.4. The van der Waals surface area contributed by atoms with E-state index in [2.05, 4.69) is 27.4 Å². The highest BCUT2D eigenvalue weighted by molar-refractivity contribution is 14.0. The highest BCUT2D eigenvalue weighted by atomic mass is 127. The van der Waals surface area contributed by atoms with Crippen molar-refractivity contribution in [2.24, 2.45) is 4.99 Å². The zero-order valence-corrected chi connectivity index (χ0v) is 13.0. The average Bonchev–Trinajstić information content (AvgIpc) is 2.27. The summed E-state index contributed by atoms with van der Waals surface area (Å²) in [5, 5.41) is 6.31. The minimum Gasteiger partial charge on any atom is -0.359 e. The number of rotatable bonds is 3. The van der Waals surface area contributed by atoms with Crippen molar-refractivity contribution in [2.75, 3.05) is 33.7 Å². The van der Waals surface area contributed by atoms with Gasteiger partial charge in [0, 0.05) is 33.2 Å². The van der Waals surface area contributed by atoms with Crippen molar-refractivity contribution in [3.05, 3.63) is 0 Å². The molecule has 1 atom stereocenters. The predicted molar refractivity (Wildman–Crippen MR) is 80.7 cm³/mol. The first-order valence-corrected chi connectivity index (χ1v) is 5.90. The summed E-state index contributed by atoms with van der Waals surface area (Å²) in [5.41, 5.74) is 0. The van der Waals surface area contributed by atoms with Gasteiger partial charge in [-0.25, -0.2) is 0 Å². The Morgan fingerprint density at radius 2 is 2.19 bits per heavy atom. The van der Waals surface area contributed by atoms with Crippen LogP contribution in [0.4, 0.5) is 0 Å². The van der Waals surface area contributed by atoms with Gasteiger partial charge < -0.3 is 10.6 Å². The number of guanidine groups is 1. The van der Waals surface area contributed by atoms with E-state index in [0.29, 0.717) is 0 Å². The van der Waals surface area contributed by atoms with Crippen molar-refractivity contribution < 1.29 is 0 Å². The molecule has 1 aliphatic heterocycles. The van der Waals surface area contributed by atoms with Crippen molar-refractivity contribution in [1.29, 1.82) is 0 Å². The molecule has 0 aromatic rings. The number of nitrogens with zero attached hydrogens (tertiary/aromatic N) is 2. The van der Waals surface area contributed by atoms with Crippen LogP contribution in [0.2, 0.25) is 0 Å². The van der Waals surface area contributed by atoms with E-state index in [1.165, 1.54) is 25.8 Å². The third-order valence-corrected chi connectivity index (χ3v) is 3.09. The molecule has 0 aromatic heterocycles. The average molecular weight is 340 g/mol. The lowest BCUT2D eigenvalue weighted by molar-refractivity contribution is 0.164. The van der Waals surface area contributed by atoms with Crippen LogP contribution >= 0.6 is 24.0 Å². The largest absolute Gasteiger partial charge is 0.359 e. The number of nitrogens with one attached hydrogen (secondary N) is 2. The SMILES string of the molecule is CN=C(NC)NCCN1CCCCC1C.I. The molecule has 5 heteroatoms. The van der Waals surface area contributed by atoms with E-state index < -0.39 is 0 Å². The predicted octanol–water partition coefficient (Wildman–Crippen LogP) is 1.27. The standard InChI is InChI=1S/C11H24N4.HI/c1-10-6-4-5-8-15(10)9-7-14-11(12-2)13-3;/h10H,4-9H2,1-3H3,(H2,12,13,14);1H. The Labute approximate surface area is 116 Å². The quantitative estimate of drug-likeness (QED) is 0.462. The second-order valence-electron chi connectivity index (χ2n) is 4.13. The smallest absolute Gasteiger partial charge is 0.190 e. The molecule has 0 aliphatic carbocycles. The van der Waals surface area contributed by atoms with Crippen LogP contribution in [0.5, 0.6) is 0 Å². The summed E-state index contributed by atoms with van der Waals surface area (Å²) in [6, 6.07) is 0.747. The first kappa shape index (κ1) is 16.0. The molecule has 1 heterocycles. The lowest BCUT2D eigenvalue weighted by atomic mass is 10.0. The van der Waals surface area contributed by atoms with E-state index >= 15 is 0 Å². The van der Waals surface area contributed by atoms with Gasteiger partial charge in [-0.2, -0.15) is 0 Å². The zero-order valence-electron chi connectivity index (χ0n) is 10.6. The van der Waals surface area contributed by atoms with Crippen molar-refractivity contribution in [3.8, 4) is 0 Å². The van der Waals surface area contributed by atoms with Crippen LogP contribution < -0.4 is 10.6 Å². The van der Waals surface area contributed by atoms with Crippen molar-refractivity contribution in [1.82, 2.24) is 15.5 Å². The third-order valence-electron chi connectivity index (χ3n) is 3.09. The molecule has 4 nitrogen and oxygen atoms in total. The fraction of sp³-hybridized carbons (Fsp3) is 0.909. The fourth-order valence-electron chi connectivity index (χ4n) is 2.09. The van der Waals surface area contributed by atoms with Crippen LogP contribution in [0, 0.1) is 0 Å². The summed E-state index contributed by atoms with van der Waals surface area (Å²) in [4.78, 5) is 6.64. The van der Waals surface area contributed by atoms with Crippen molar-refractivity contribution in [3.63, 3.8) is 0 Å². The van der Waals surface area contributed by atoms with E-state index in [1.807, 2.05) is 7.05 Å². The van der Waals surface area contributed by atoms with Crippen LogP contribution in [0.25, 0.3) is 0 Å². The first-order chi connectivity index (χ1) is 7.27. The van der Waals surface area contributed by atoms with E-state index in [4.69, 9.17) is 0 Å². The molecule has 0 amide bonds. The van der Waals surface area contributed by atoms with Crippen LogP contribution in [0.15, 0.2) is 4.99 Å². The Morgan fingerprint density at radius 1 is 1.44 bits per heavy atom. The minimum atomic E-state index is 0. The van der Waals surface area contributed by atoms with Gasteiger partial charge >= 0.3 is 0 Å². The van der Waals surface area contributed by atoms with Gasteiger partial charge in [-0.15, -0.1) is 24.0 Å². The highest BCUT2D eigenvalue weighted by Crippen LogP contribution is 2.15. The van der Waals surface area contributed by atoms with Crippen LogP contribution in [0.1, 0.15) is 26.2 Å². The number of hydrogen-bond acceptors (Lipinski definition) is 2. The maximum atomic E-state index is 4.08. The molecule has 0 radical (unpaired) electrons. The van der Waals surface area contributed by atoms with Gasteiger partial charge in [0.1, 0.15) is 0 Å². The second-order valence-corrected chi connectivity index (χ2v) is 4.13. The van der Waals surface area contributed by atoms with Crippen LogP contribution in [0.3, 0.4) is 0 Å². The number of piperidine rings is 1. The molecule has 1 unspecified atom stereocenters. The zero-order chi connectivity index (χ0) is 11.1. The molecule has 1 aliphatic rings.